The van der Waals surface area contributed by atoms with E-state index >= 15 is 0 Å². The highest BCUT2D eigenvalue weighted by atomic mass is 35.5. The molecule has 1 fully saturated rings. The lowest BCUT2D eigenvalue weighted by Gasteiger charge is -2.22. The summed E-state index contributed by atoms with van der Waals surface area (Å²) in [6, 6.07) is 4.09. The van der Waals surface area contributed by atoms with Crippen LogP contribution in [-0.4, -0.2) is 38.4 Å². The van der Waals surface area contributed by atoms with E-state index in [0.717, 1.165) is 12.8 Å². The van der Waals surface area contributed by atoms with Crippen molar-refractivity contribution in [3.05, 3.63) is 23.2 Å². The number of rotatable bonds is 4. The molecule has 1 aromatic rings. The monoisotopic (exact) mass is 332 g/mol. The molecule has 1 aromatic carbocycles. The number of hydrogen-bond acceptors (Lipinski definition) is 4. The molecule has 8 heteroatoms. The highest BCUT2D eigenvalue weighted by Gasteiger charge is 2.26. The molecule has 1 heterocycles. The molecule has 1 atom stereocenters. The maximum atomic E-state index is 12.2. The van der Waals surface area contributed by atoms with Crippen LogP contribution in [0, 0.1) is 0 Å². The lowest BCUT2D eigenvalue weighted by atomic mass is 10.3. The van der Waals surface area contributed by atoms with Crippen molar-refractivity contribution in [2.45, 2.75) is 30.8 Å². The Balaban J connectivity index is 2.21. The summed E-state index contributed by atoms with van der Waals surface area (Å²) in [6.45, 7) is 2.99. The van der Waals surface area contributed by atoms with Crippen molar-refractivity contribution < 1.29 is 17.9 Å². The predicted octanol–water partition coefficient (Wildman–Crippen LogP) is 1.38. The number of ether oxygens (including phenoxy) is 1. The number of nitrogens with zero attached hydrogens (tertiary/aromatic N) is 1. The van der Waals surface area contributed by atoms with E-state index in [2.05, 4.69) is 0 Å². The van der Waals surface area contributed by atoms with Crippen molar-refractivity contribution in [3.8, 4) is 5.75 Å². The Morgan fingerprint density at radius 2 is 2.00 bits per heavy atom. The van der Waals surface area contributed by atoms with Crippen LogP contribution in [0.2, 0.25) is 5.02 Å². The van der Waals surface area contributed by atoms with Crippen LogP contribution in [0.5, 0.6) is 5.75 Å². The van der Waals surface area contributed by atoms with E-state index in [1.165, 1.54) is 18.2 Å². The van der Waals surface area contributed by atoms with E-state index < -0.39 is 16.1 Å². The Labute approximate surface area is 128 Å². The molecule has 21 heavy (non-hydrogen) atoms. The van der Waals surface area contributed by atoms with Crippen molar-refractivity contribution in [2.75, 3.05) is 13.1 Å². The minimum absolute atomic E-state index is 0.0296. The second-order valence-electron chi connectivity index (χ2n) is 4.93. The molecule has 116 valence electrons. The largest absolute Gasteiger partial charge is 0.479 e. The molecule has 0 bridgehead atoms. The van der Waals surface area contributed by atoms with Crippen molar-refractivity contribution in [1.82, 2.24) is 4.90 Å². The summed E-state index contributed by atoms with van der Waals surface area (Å²) in [6.07, 6.45) is 1.16. The Morgan fingerprint density at radius 1 is 1.38 bits per heavy atom. The van der Waals surface area contributed by atoms with Crippen LogP contribution in [0.1, 0.15) is 19.8 Å². The van der Waals surface area contributed by atoms with E-state index in [0.29, 0.717) is 13.1 Å². The molecular weight excluding hydrogens is 316 g/mol. The number of carbonyl (C=O) groups excluding carboxylic acids is 1. The van der Waals surface area contributed by atoms with Gasteiger partial charge in [-0.3, -0.25) is 4.79 Å². The lowest BCUT2D eigenvalue weighted by Crippen LogP contribution is -2.38. The summed E-state index contributed by atoms with van der Waals surface area (Å²) < 4.78 is 28.6. The van der Waals surface area contributed by atoms with Crippen molar-refractivity contribution >= 4 is 27.5 Å². The SMILES string of the molecule is CC(Oc1ccc(Cl)cc1S(N)(=O)=O)C(=O)N1CCCC1. The predicted molar refractivity (Wildman–Crippen MR) is 78.7 cm³/mol. The first-order valence-electron chi connectivity index (χ1n) is 6.57. The average Bonchev–Trinajstić information content (AvgIpc) is 2.92. The van der Waals surface area contributed by atoms with Gasteiger partial charge in [0.2, 0.25) is 10.0 Å². The molecule has 0 saturated carbocycles. The average molecular weight is 333 g/mol. The maximum absolute atomic E-state index is 12.2. The van der Waals surface area contributed by atoms with Gasteiger partial charge >= 0.3 is 0 Å². The van der Waals surface area contributed by atoms with Crippen LogP contribution < -0.4 is 9.88 Å². The zero-order valence-corrected chi connectivity index (χ0v) is 13.2. The normalized spacial score (nSPS) is 16.8. The zero-order valence-electron chi connectivity index (χ0n) is 11.6. The number of halogens is 1. The van der Waals surface area contributed by atoms with E-state index in [-0.39, 0.29) is 21.6 Å². The molecule has 0 aromatic heterocycles. The number of benzene rings is 1. The Bertz CT molecular complexity index is 642. The molecule has 1 saturated heterocycles. The van der Waals surface area contributed by atoms with E-state index in [1.807, 2.05) is 0 Å². The highest BCUT2D eigenvalue weighted by Crippen LogP contribution is 2.27. The van der Waals surface area contributed by atoms with E-state index in [9.17, 15) is 13.2 Å². The van der Waals surface area contributed by atoms with Gasteiger partial charge in [-0.2, -0.15) is 0 Å². The number of nitrogens with two attached hydrogens (primary N) is 1. The first-order chi connectivity index (χ1) is 9.79. The van der Waals surface area contributed by atoms with Crippen molar-refractivity contribution in [2.24, 2.45) is 5.14 Å². The molecule has 1 unspecified atom stereocenters. The third-order valence-corrected chi connectivity index (χ3v) is 4.45. The van der Waals surface area contributed by atoms with Gasteiger partial charge in [0.25, 0.3) is 5.91 Å². The van der Waals surface area contributed by atoms with E-state index in [4.69, 9.17) is 21.5 Å². The Hall–Kier alpha value is -1.31. The van der Waals surface area contributed by atoms with Crippen LogP contribution in [0.4, 0.5) is 0 Å². The van der Waals surface area contributed by atoms with Gasteiger partial charge in [-0.25, -0.2) is 13.6 Å². The van der Waals surface area contributed by atoms with Crippen LogP contribution in [0.3, 0.4) is 0 Å². The highest BCUT2D eigenvalue weighted by molar-refractivity contribution is 7.89. The molecule has 1 aliphatic heterocycles. The maximum Gasteiger partial charge on any atom is 0.263 e. The number of likely N-dealkylation sites (tertiary alicyclic amines) is 1. The van der Waals surface area contributed by atoms with Crippen LogP contribution in [0.15, 0.2) is 23.1 Å². The van der Waals surface area contributed by atoms with Gasteiger partial charge in [0.05, 0.1) is 0 Å². The number of primary sulfonamides is 1. The molecular formula is C13H17ClN2O4S. The van der Waals surface area contributed by atoms with Gasteiger partial charge in [0.15, 0.2) is 6.10 Å². The summed E-state index contributed by atoms with van der Waals surface area (Å²) in [5, 5.41) is 5.37. The van der Waals surface area contributed by atoms with Crippen molar-refractivity contribution in [1.29, 1.82) is 0 Å². The molecule has 0 aliphatic carbocycles. The van der Waals surface area contributed by atoms with Gasteiger partial charge in [-0.05, 0) is 38.0 Å². The van der Waals surface area contributed by atoms with Gasteiger partial charge in [0.1, 0.15) is 10.6 Å². The standard InChI is InChI=1S/C13H17ClN2O4S/c1-9(13(17)16-6-2-3-7-16)20-11-5-4-10(14)8-12(11)21(15,18)19/h4-5,8-9H,2-3,6-7H2,1H3,(H2,15,18,19). The molecule has 1 aliphatic rings. The summed E-state index contributed by atoms with van der Waals surface area (Å²) >= 11 is 5.77. The molecule has 6 nitrogen and oxygen atoms in total. The number of carbonyl (C=O) groups is 1. The van der Waals surface area contributed by atoms with Gasteiger partial charge < -0.3 is 9.64 Å². The Kier molecular flexibility index (Phi) is 4.75. The van der Waals surface area contributed by atoms with Crippen LogP contribution in [-0.2, 0) is 14.8 Å². The summed E-state index contributed by atoms with van der Waals surface area (Å²) in [7, 11) is -3.98. The lowest BCUT2D eigenvalue weighted by molar-refractivity contribution is -0.136. The second kappa shape index (κ2) is 6.21. The van der Waals surface area contributed by atoms with Gasteiger partial charge in [0, 0.05) is 18.1 Å². The quantitative estimate of drug-likeness (QED) is 0.901. The second-order valence-corrected chi connectivity index (χ2v) is 6.89. The summed E-state index contributed by atoms with van der Waals surface area (Å²) in [5.74, 6) is -0.134. The molecule has 0 spiro atoms. The van der Waals surface area contributed by atoms with Crippen LogP contribution >= 0.6 is 11.6 Å². The topological polar surface area (TPSA) is 89.7 Å². The minimum Gasteiger partial charge on any atom is -0.479 e. The van der Waals surface area contributed by atoms with E-state index in [1.54, 1.807) is 11.8 Å². The van der Waals surface area contributed by atoms with Gasteiger partial charge in [-0.1, -0.05) is 11.6 Å². The number of hydrogen-bond donors (Lipinski definition) is 1. The van der Waals surface area contributed by atoms with Crippen LogP contribution in [0.25, 0.3) is 0 Å². The van der Waals surface area contributed by atoms with Gasteiger partial charge in [-0.15, -0.1) is 0 Å². The summed E-state index contributed by atoms with van der Waals surface area (Å²) in [4.78, 5) is 13.7. The number of amides is 1. The third kappa shape index (κ3) is 3.87. The van der Waals surface area contributed by atoms with Crippen molar-refractivity contribution in [3.63, 3.8) is 0 Å². The third-order valence-electron chi connectivity index (χ3n) is 3.28. The Morgan fingerprint density at radius 3 is 2.57 bits per heavy atom. The molecule has 2 N–H and O–H groups in total. The first kappa shape index (κ1) is 16.1. The number of sulfonamides is 1. The molecule has 2 rings (SSSR count). The smallest absolute Gasteiger partial charge is 0.263 e. The fraction of sp³-hybridized carbons (Fsp3) is 0.462. The fourth-order valence-corrected chi connectivity index (χ4v) is 3.16. The minimum atomic E-state index is -3.98. The molecule has 1 amide bonds. The summed E-state index contributed by atoms with van der Waals surface area (Å²) in [5.41, 5.74) is 0. The first-order valence-corrected chi connectivity index (χ1v) is 8.49. The fourth-order valence-electron chi connectivity index (χ4n) is 2.24. The molecule has 0 radical (unpaired) electrons. The zero-order chi connectivity index (χ0) is 15.6.